The highest BCUT2D eigenvalue weighted by molar-refractivity contribution is 7.13. The summed E-state index contributed by atoms with van der Waals surface area (Å²) >= 11 is 14.3. The largest absolute Gasteiger partial charge is 0.338 e. The van der Waals surface area contributed by atoms with Crippen LogP contribution in [0.5, 0.6) is 0 Å². The van der Waals surface area contributed by atoms with E-state index in [1.807, 2.05) is 71.8 Å². The first-order valence-electron chi connectivity index (χ1n) is 13.7. The standard InChI is InChI=1S/C33H30Cl2N4OS/c1-23-28(33(40)38-16-14-37(15-17-38)20-24-8-3-2-4-9-24)19-31(39(23)21-25-10-7-11-26(34)18-25)30-22-41-32(36-30)27-12-5-6-13-29(27)35/h2-13,18-19,22H,14-17,20-21H2,1H3. The molecule has 0 aliphatic carbocycles. The molecule has 3 heterocycles. The number of halogens is 2. The zero-order chi connectivity index (χ0) is 28.3. The molecule has 1 aliphatic heterocycles. The molecule has 1 saturated heterocycles. The average Bonchev–Trinajstić information content (AvgIpc) is 3.59. The van der Waals surface area contributed by atoms with Crippen molar-refractivity contribution in [3.8, 4) is 22.0 Å². The fourth-order valence-electron chi connectivity index (χ4n) is 5.37. The minimum atomic E-state index is 0.0644. The molecule has 1 aliphatic rings. The highest BCUT2D eigenvalue weighted by Gasteiger charge is 2.27. The van der Waals surface area contributed by atoms with Crippen molar-refractivity contribution in [2.24, 2.45) is 0 Å². The topological polar surface area (TPSA) is 41.4 Å². The zero-order valence-corrected chi connectivity index (χ0v) is 25.1. The fourth-order valence-corrected chi connectivity index (χ4v) is 6.71. The molecule has 1 amide bonds. The molecule has 6 rings (SSSR count). The summed E-state index contributed by atoms with van der Waals surface area (Å²) in [6.45, 7) is 6.61. The molecule has 5 nitrogen and oxygen atoms in total. The summed E-state index contributed by atoms with van der Waals surface area (Å²) in [5, 5.41) is 4.24. The number of rotatable bonds is 7. The van der Waals surface area contributed by atoms with Gasteiger partial charge in [-0.05, 0) is 42.3 Å². The maximum Gasteiger partial charge on any atom is 0.255 e. The number of hydrogen-bond donors (Lipinski definition) is 0. The van der Waals surface area contributed by atoms with Crippen LogP contribution < -0.4 is 0 Å². The molecule has 41 heavy (non-hydrogen) atoms. The molecule has 8 heteroatoms. The van der Waals surface area contributed by atoms with Crippen LogP contribution in [0, 0.1) is 6.92 Å². The lowest BCUT2D eigenvalue weighted by molar-refractivity contribution is 0.0627. The first kappa shape index (κ1) is 27.7. The number of carbonyl (C=O) groups is 1. The number of thiazole rings is 1. The second-order valence-electron chi connectivity index (χ2n) is 10.3. The van der Waals surface area contributed by atoms with Gasteiger partial charge in [0.1, 0.15) is 5.01 Å². The van der Waals surface area contributed by atoms with Gasteiger partial charge < -0.3 is 9.47 Å². The summed E-state index contributed by atoms with van der Waals surface area (Å²) in [5.74, 6) is 0.0644. The molecule has 3 aromatic carbocycles. The van der Waals surface area contributed by atoms with Crippen LogP contribution in [0.1, 0.15) is 27.2 Å². The Morgan fingerprint density at radius 3 is 2.34 bits per heavy atom. The van der Waals surface area contributed by atoms with Crippen LogP contribution in [-0.4, -0.2) is 51.4 Å². The predicted molar refractivity (Wildman–Crippen MR) is 169 cm³/mol. The van der Waals surface area contributed by atoms with Gasteiger partial charge in [0.2, 0.25) is 0 Å². The monoisotopic (exact) mass is 600 g/mol. The maximum absolute atomic E-state index is 13.9. The molecule has 0 bridgehead atoms. The van der Waals surface area contributed by atoms with Crippen molar-refractivity contribution in [3.05, 3.63) is 123 Å². The third kappa shape index (κ3) is 6.11. The Bertz CT molecular complexity index is 1670. The molecular weight excluding hydrogens is 571 g/mol. The van der Waals surface area contributed by atoms with Gasteiger partial charge in [-0.3, -0.25) is 9.69 Å². The third-order valence-electron chi connectivity index (χ3n) is 7.61. The van der Waals surface area contributed by atoms with Crippen LogP contribution in [-0.2, 0) is 13.1 Å². The van der Waals surface area contributed by atoms with Crippen molar-refractivity contribution in [3.63, 3.8) is 0 Å². The summed E-state index contributed by atoms with van der Waals surface area (Å²) < 4.78 is 2.18. The number of amides is 1. The molecule has 0 spiro atoms. The van der Waals surface area contributed by atoms with E-state index < -0.39 is 0 Å². The predicted octanol–water partition coefficient (Wildman–Crippen LogP) is 7.90. The smallest absolute Gasteiger partial charge is 0.255 e. The normalized spacial score (nSPS) is 14.0. The van der Waals surface area contributed by atoms with Crippen LogP contribution in [0.15, 0.2) is 90.3 Å². The summed E-state index contributed by atoms with van der Waals surface area (Å²) in [6, 6.07) is 28.1. The molecular formula is C33H30Cl2N4OS. The van der Waals surface area contributed by atoms with Gasteiger partial charge in [0, 0.05) is 60.9 Å². The summed E-state index contributed by atoms with van der Waals surface area (Å²) in [7, 11) is 0. The van der Waals surface area contributed by atoms with E-state index in [2.05, 4.69) is 39.8 Å². The lowest BCUT2D eigenvalue weighted by Crippen LogP contribution is -2.48. The second-order valence-corrected chi connectivity index (χ2v) is 12.0. The number of piperazine rings is 1. The van der Waals surface area contributed by atoms with Crippen LogP contribution >= 0.6 is 34.5 Å². The van der Waals surface area contributed by atoms with Crippen molar-refractivity contribution in [2.75, 3.05) is 26.2 Å². The van der Waals surface area contributed by atoms with Crippen LogP contribution in [0.3, 0.4) is 0 Å². The molecule has 0 atom stereocenters. The Morgan fingerprint density at radius 1 is 0.854 bits per heavy atom. The highest BCUT2D eigenvalue weighted by Crippen LogP contribution is 2.35. The second kappa shape index (κ2) is 12.2. The van der Waals surface area contributed by atoms with E-state index in [-0.39, 0.29) is 5.91 Å². The number of hydrogen-bond acceptors (Lipinski definition) is 4. The molecule has 2 aromatic heterocycles. The Labute approximate surface area is 254 Å². The maximum atomic E-state index is 13.9. The molecule has 0 unspecified atom stereocenters. The fraction of sp³-hybridized carbons (Fsp3) is 0.212. The van der Waals surface area contributed by atoms with Crippen LogP contribution in [0.25, 0.3) is 22.0 Å². The third-order valence-corrected chi connectivity index (χ3v) is 9.05. The van der Waals surface area contributed by atoms with Gasteiger partial charge >= 0.3 is 0 Å². The van der Waals surface area contributed by atoms with E-state index in [0.29, 0.717) is 35.2 Å². The van der Waals surface area contributed by atoms with Crippen molar-refractivity contribution in [1.82, 2.24) is 19.4 Å². The molecule has 0 saturated carbocycles. The van der Waals surface area contributed by atoms with E-state index in [1.165, 1.54) is 5.56 Å². The Kier molecular flexibility index (Phi) is 8.26. The first-order chi connectivity index (χ1) is 20.0. The number of aromatic nitrogens is 2. The lowest BCUT2D eigenvalue weighted by atomic mass is 10.1. The highest BCUT2D eigenvalue weighted by atomic mass is 35.5. The van der Waals surface area contributed by atoms with E-state index in [1.54, 1.807) is 11.3 Å². The van der Waals surface area contributed by atoms with E-state index in [0.717, 1.165) is 52.9 Å². The Hall–Kier alpha value is -3.42. The van der Waals surface area contributed by atoms with E-state index in [4.69, 9.17) is 28.2 Å². The quantitative estimate of drug-likeness (QED) is 0.191. The van der Waals surface area contributed by atoms with Gasteiger partial charge in [0.05, 0.1) is 22.0 Å². The summed E-state index contributed by atoms with van der Waals surface area (Å²) in [4.78, 5) is 23.3. The average molecular weight is 602 g/mol. The molecule has 1 fully saturated rings. The van der Waals surface area contributed by atoms with Crippen molar-refractivity contribution < 1.29 is 4.79 Å². The number of carbonyl (C=O) groups excluding carboxylic acids is 1. The van der Waals surface area contributed by atoms with Gasteiger partial charge in [-0.15, -0.1) is 11.3 Å². The molecule has 208 valence electrons. The van der Waals surface area contributed by atoms with Gasteiger partial charge in [-0.1, -0.05) is 83.9 Å². The zero-order valence-electron chi connectivity index (χ0n) is 22.8. The van der Waals surface area contributed by atoms with Crippen molar-refractivity contribution in [2.45, 2.75) is 20.0 Å². The first-order valence-corrected chi connectivity index (χ1v) is 15.3. The number of benzene rings is 3. The number of nitrogens with zero attached hydrogens (tertiary/aromatic N) is 4. The van der Waals surface area contributed by atoms with Crippen molar-refractivity contribution >= 4 is 40.4 Å². The molecule has 0 radical (unpaired) electrons. The molecule has 0 N–H and O–H groups in total. The minimum Gasteiger partial charge on any atom is -0.338 e. The minimum absolute atomic E-state index is 0.0644. The molecule has 5 aromatic rings. The Balaban J connectivity index is 1.28. The lowest BCUT2D eigenvalue weighted by Gasteiger charge is -2.34. The van der Waals surface area contributed by atoms with Gasteiger partial charge in [-0.25, -0.2) is 4.98 Å². The Morgan fingerprint density at radius 2 is 1.59 bits per heavy atom. The SMILES string of the molecule is Cc1c(C(=O)N2CCN(Cc3ccccc3)CC2)cc(-c2csc(-c3ccccc3Cl)n2)n1Cc1cccc(Cl)c1. The summed E-state index contributed by atoms with van der Waals surface area (Å²) in [6.07, 6.45) is 0. The van der Waals surface area contributed by atoms with Gasteiger partial charge in [-0.2, -0.15) is 0 Å². The summed E-state index contributed by atoms with van der Waals surface area (Å²) in [5.41, 5.74) is 6.62. The van der Waals surface area contributed by atoms with E-state index >= 15 is 0 Å². The van der Waals surface area contributed by atoms with Crippen LogP contribution in [0.2, 0.25) is 10.0 Å². The van der Waals surface area contributed by atoms with Gasteiger partial charge in [0.25, 0.3) is 5.91 Å². The van der Waals surface area contributed by atoms with Crippen molar-refractivity contribution in [1.29, 1.82) is 0 Å². The van der Waals surface area contributed by atoms with E-state index in [9.17, 15) is 4.79 Å². The van der Waals surface area contributed by atoms with Crippen LogP contribution in [0.4, 0.5) is 0 Å². The van der Waals surface area contributed by atoms with Gasteiger partial charge in [0.15, 0.2) is 0 Å².